The van der Waals surface area contributed by atoms with Crippen LogP contribution in [0, 0.1) is 17.0 Å². The second-order valence-corrected chi connectivity index (χ2v) is 5.45. The molecule has 1 fully saturated rings. The number of morpholine rings is 1. The summed E-state index contributed by atoms with van der Waals surface area (Å²) in [5.74, 6) is -0.517. The second-order valence-electron chi connectivity index (χ2n) is 5.45. The molecule has 1 aliphatic rings. The van der Waals surface area contributed by atoms with E-state index in [-0.39, 0.29) is 17.4 Å². The highest BCUT2D eigenvalue weighted by molar-refractivity contribution is 5.96. The van der Waals surface area contributed by atoms with Gasteiger partial charge in [-0.25, -0.2) is 0 Å². The van der Waals surface area contributed by atoms with Gasteiger partial charge in [0.25, 0.3) is 5.91 Å². The van der Waals surface area contributed by atoms with Crippen LogP contribution in [0.5, 0.6) is 0 Å². The lowest BCUT2D eigenvalue weighted by Gasteiger charge is -2.29. The van der Waals surface area contributed by atoms with E-state index in [0.29, 0.717) is 25.5 Å². The number of aromatic nitrogens is 2. The summed E-state index contributed by atoms with van der Waals surface area (Å²) in [4.78, 5) is 25.0. The fourth-order valence-corrected chi connectivity index (χ4v) is 2.48. The van der Waals surface area contributed by atoms with E-state index in [1.807, 2.05) is 6.92 Å². The first kappa shape index (κ1) is 16.4. The molecule has 2 heterocycles. The van der Waals surface area contributed by atoms with Crippen LogP contribution in [0.4, 0.5) is 5.69 Å². The van der Waals surface area contributed by atoms with Crippen LogP contribution >= 0.6 is 0 Å². The summed E-state index contributed by atoms with van der Waals surface area (Å²) < 4.78 is 6.62. The van der Waals surface area contributed by atoms with E-state index in [1.54, 1.807) is 14.0 Å². The van der Waals surface area contributed by atoms with E-state index < -0.39 is 10.8 Å². The minimum absolute atomic E-state index is 0.132. The number of hydrogen-bond donors (Lipinski definition) is 1. The maximum atomic E-state index is 12.3. The van der Waals surface area contributed by atoms with Crippen LogP contribution in [0.1, 0.15) is 23.1 Å². The molecule has 2 rings (SSSR count). The highest BCUT2D eigenvalue weighted by Crippen LogP contribution is 2.21. The second kappa shape index (κ2) is 6.84. The molecule has 1 aliphatic heterocycles. The van der Waals surface area contributed by atoms with Crippen LogP contribution in [-0.2, 0) is 11.8 Å². The molecule has 0 radical (unpaired) electrons. The molecule has 9 heteroatoms. The molecule has 0 bridgehead atoms. The number of carbonyl (C=O) groups is 1. The van der Waals surface area contributed by atoms with Gasteiger partial charge in [0, 0.05) is 32.7 Å². The van der Waals surface area contributed by atoms with Crippen molar-refractivity contribution in [1.82, 2.24) is 20.0 Å². The maximum Gasteiger partial charge on any atom is 0.322 e. The first-order valence-corrected chi connectivity index (χ1v) is 7.19. The molecular weight excluding hydrogens is 290 g/mol. The number of carbonyl (C=O) groups excluding carboxylic acids is 1. The highest BCUT2D eigenvalue weighted by atomic mass is 16.6. The Kier molecular flexibility index (Phi) is 5.09. The smallest absolute Gasteiger partial charge is 0.322 e. The Morgan fingerprint density at radius 2 is 2.14 bits per heavy atom. The van der Waals surface area contributed by atoms with Gasteiger partial charge >= 0.3 is 5.69 Å². The maximum absolute atomic E-state index is 12.3. The fourth-order valence-electron chi connectivity index (χ4n) is 2.48. The molecule has 0 aliphatic carbocycles. The van der Waals surface area contributed by atoms with Gasteiger partial charge in [0.15, 0.2) is 0 Å². The van der Waals surface area contributed by atoms with E-state index in [4.69, 9.17) is 4.74 Å². The summed E-state index contributed by atoms with van der Waals surface area (Å²) in [5, 5.41) is 17.9. The Labute approximate surface area is 128 Å². The summed E-state index contributed by atoms with van der Waals surface area (Å²) in [7, 11) is 1.58. The summed E-state index contributed by atoms with van der Waals surface area (Å²) >= 11 is 0. The Hall–Kier alpha value is -2.00. The van der Waals surface area contributed by atoms with Crippen molar-refractivity contribution in [2.24, 2.45) is 7.05 Å². The Bertz CT molecular complexity index is 565. The zero-order chi connectivity index (χ0) is 16.3. The van der Waals surface area contributed by atoms with Gasteiger partial charge in [-0.1, -0.05) is 0 Å². The summed E-state index contributed by atoms with van der Waals surface area (Å²) in [6.07, 6.45) is 0. The number of hydrogen-bond acceptors (Lipinski definition) is 6. The Balaban J connectivity index is 2.02. The lowest BCUT2D eigenvalue weighted by molar-refractivity contribution is -0.385. The molecule has 0 unspecified atom stereocenters. The molecule has 1 atom stereocenters. The molecule has 1 saturated heterocycles. The monoisotopic (exact) mass is 311 g/mol. The fraction of sp³-hybridized carbons (Fsp3) is 0.692. The summed E-state index contributed by atoms with van der Waals surface area (Å²) in [6.45, 7) is 7.13. The number of aryl methyl sites for hydroxylation is 1. The Morgan fingerprint density at radius 3 is 2.73 bits per heavy atom. The predicted octanol–water partition coefficient (Wildman–Crippen LogP) is 0.0872. The van der Waals surface area contributed by atoms with Crippen molar-refractivity contribution >= 4 is 11.6 Å². The van der Waals surface area contributed by atoms with Gasteiger partial charge < -0.3 is 10.1 Å². The molecule has 9 nitrogen and oxygen atoms in total. The number of ether oxygens (including phenoxy) is 1. The van der Waals surface area contributed by atoms with Crippen molar-refractivity contribution < 1.29 is 14.5 Å². The third-order valence-corrected chi connectivity index (χ3v) is 3.71. The largest absolute Gasteiger partial charge is 0.379 e. The van der Waals surface area contributed by atoms with Crippen molar-refractivity contribution in [3.05, 3.63) is 21.5 Å². The van der Waals surface area contributed by atoms with Crippen molar-refractivity contribution in [3.8, 4) is 0 Å². The average Bonchev–Trinajstić information content (AvgIpc) is 2.76. The van der Waals surface area contributed by atoms with Gasteiger partial charge in [0.1, 0.15) is 5.69 Å². The highest BCUT2D eigenvalue weighted by Gasteiger charge is 2.29. The third-order valence-electron chi connectivity index (χ3n) is 3.71. The van der Waals surface area contributed by atoms with Crippen LogP contribution < -0.4 is 5.32 Å². The molecule has 1 aromatic rings. The van der Waals surface area contributed by atoms with Crippen LogP contribution in [-0.4, -0.2) is 64.4 Å². The predicted molar refractivity (Wildman–Crippen MR) is 78.8 cm³/mol. The van der Waals surface area contributed by atoms with Crippen LogP contribution in [0.3, 0.4) is 0 Å². The van der Waals surface area contributed by atoms with E-state index in [0.717, 1.165) is 13.1 Å². The minimum Gasteiger partial charge on any atom is -0.379 e. The molecule has 1 amide bonds. The van der Waals surface area contributed by atoms with Crippen LogP contribution in [0.25, 0.3) is 0 Å². The lowest BCUT2D eigenvalue weighted by atomic mass is 10.2. The molecule has 0 saturated carbocycles. The first-order valence-electron chi connectivity index (χ1n) is 7.19. The number of amides is 1. The summed E-state index contributed by atoms with van der Waals surface area (Å²) in [6, 6.07) is -0.132. The van der Waals surface area contributed by atoms with Gasteiger partial charge in [-0.3, -0.25) is 24.5 Å². The minimum atomic E-state index is -0.566. The van der Waals surface area contributed by atoms with Crippen LogP contribution in [0.15, 0.2) is 0 Å². The molecule has 1 aromatic heterocycles. The SMILES string of the molecule is Cc1c([N+](=O)[O-])c(C(=O)N[C@@H](C)CN2CCOCC2)nn1C. The first-order chi connectivity index (χ1) is 10.4. The zero-order valence-corrected chi connectivity index (χ0v) is 13.0. The number of rotatable bonds is 5. The van der Waals surface area contributed by atoms with Gasteiger partial charge in [-0.2, -0.15) is 5.10 Å². The molecule has 122 valence electrons. The average molecular weight is 311 g/mol. The van der Waals surface area contributed by atoms with Crippen molar-refractivity contribution in [2.45, 2.75) is 19.9 Å². The van der Waals surface area contributed by atoms with Gasteiger partial charge in [0.2, 0.25) is 5.69 Å². The van der Waals surface area contributed by atoms with Crippen molar-refractivity contribution in [1.29, 1.82) is 0 Å². The molecule has 22 heavy (non-hydrogen) atoms. The standard InChI is InChI=1S/C13H21N5O4/c1-9(8-17-4-6-22-7-5-17)14-13(19)11-12(18(20)21)10(2)16(3)15-11/h9H,4-8H2,1-3H3,(H,14,19)/t9-/m0/s1. The zero-order valence-electron chi connectivity index (χ0n) is 13.0. The Morgan fingerprint density at radius 1 is 1.50 bits per heavy atom. The van der Waals surface area contributed by atoms with Crippen molar-refractivity contribution in [3.63, 3.8) is 0 Å². The molecule has 1 N–H and O–H groups in total. The number of nitro groups is 1. The van der Waals surface area contributed by atoms with Gasteiger partial charge in [-0.15, -0.1) is 0 Å². The van der Waals surface area contributed by atoms with E-state index >= 15 is 0 Å². The van der Waals surface area contributed by atoms with Gasteiger partial charge in [0.05, 0.1) is 18.1 Å². The van der Waals surface area contributed by atoms with Crippen molar-refractivity contribution in [2.75, 3.05) is 32.8 Å². The number of nitrogens with one attached hydrogen (secondary N) is 1. The van der Waals surface area contributed by atoms with E-state index in [9.17, 15) is 14.9 Å². The third kappa shape index (κ3) is 3.60. The normalized spacial score (nSPS) is 17.2. The van der Waals surface area contributed by atoms with Gasteiger partial charge in [-0.05, 0) is 13.8 Å². The molecule has 0 aromatic carbocycles. The van der Waals surface area contributed by atoms with E-state index in [2.05, 4.69) is 15.3 Å². The topological polar surface area (TPSA) is 103 Å². The van der Waals surface area contributed by atoms with E-state index in [1.165, 1.54) is 4.68 Å². The number of nitrogens with zero attached hydrogens (tertiary/aromatic N) is 4. The molecular formula is C13H21N5O4. The summed E-state index contributed by atoms with van der Waals surface area (Å²) in [5.41, 5.74) is -0.0200. The quantitative estimate of drug-likeness (QED) is 0.610. The van der Waals surface area contributed by atoms with Crippen LogP contribution in [0.2, 0.25) is 0 Å². The molecule has 0 spiro atoms. The lowest BCUT2D eigenvalue weighted by Crippen LogP contribution is -2.46.